The summed E-state index contributed by atoms with van der Waals surface area (Å²) in [7, 11) is 1.44. The molecule has 160 valence electrons. The van der Waals surface area contributed by atoms with Crippen LogP contribution in [0.15, 0.2) is 30.3 Å². The lowest BCUT2D eigenvalue weighted by atomic mass is 9.87. The number of nitrogens with zero attached hydrogens (tertiary/aromatic N) is 1. The maximum atomic E-state index is 12.7. The van der Waals surface area contributed by atoms with E-state index in [-0.39, 0.29) is 30.3 Å². The first-order valence-corrected chi connectivity index (χ1v) is 10.4. The molecule has 0 N–H and O–H groups in total. The molecular formula is C23H33NO5. The zero-order valence-corrected chi connectivity index (χ0v) is 18.0. The van der Waals surface area contributed by atoms with Crippen molar-refractivity contribution in [2.24, 2.45) is 5.92 Å². The monoisotopic (exact) mass is 403 g/mol. The fourth-order valence-electron chi connectivity index (χ4n) is 4.82. The van der Waals surface area contributed by atoms with Gasteiger partial charge in [-0.05, 0) is 58.1 Å². The fourth-order valence-corrected chi connectivity index (χ4v) is 4.82. The number of benzene rings is 1. The molecule has 3 rings (SSSR count). The lowest BCUT2D eigenvalue weighted by molar-refractivity contribution is -0.156. The minimum Gasteiger partial charge on any atom is -0.468 e. The van der Waals surface area contributed by atoms with E-state index in [2.05, 4.69) is 4.90 Å². The molecule has 2 saturated heterocycles. The first-order valence-electron chi connectivity index (χ1n) is 10.4. The predicted octanol–water partition coefficient (Wildman–Crippen LogP) is 3.33. The van der Waals surface area contributed by atoms with Crippen LogP contribution in [0.25, 0.3) is 0 Å². The van der Waals surface area contributed by atoms with Crippen molar-refractivity contribution in [1.82, 2.24) is 4.90 Å². The standard InChI is InChI=1S/C23H33NO5/c1-22(2,3)29-20(25)13-18-14-23(21(26)27-4)11-8-12-24(23)19(18)16-28-15-17-9-6-5-7-10-17/h5-7,9-10,18-19H,8,11-16H2,1-4H3/t18-,19-,23+/m0/s1. The molecule has 29 heavy (non-hydrogen) atoms. The maximum Gasteiger partial charge on any atom is 0.326 e. The van der Waals surface area contributed by atoms with Crippen molar-refractivity contribution in [3.05, 3.63) is 35.9 Å². The summed E-state index contributed by atoms with van der Waals surface area (Å²) in [6.07, 6.45) is 2.60. The quantitative estimate of drug-likeness (QED) is 0.651. The van der Waals surface area contributed by atoms with Gasteiger partial charge >= 0.3 is 11.9 Å². The van der Waals surface area contributed by atoms with Gasteiger partial charge in [0.1, 0.15) is 11.1 Å². The van der Waals surface area contributed by atoms with Crippen LogP contribution in [0.2, 0.25) is 0 Å². The Hall–Kier alpha value is -1.92. The number of hydrogen-bond acceptors (Lipinski definition) is 6. The molecule has 0 radical (unpaired) electrons. The molecular weight excluding hydrogens is 370 g/mol. The minimum atomic E-state index is -0.637. The van der Waals surface area contributed by atoms with Crippen LogP contribution in [0.5, 0.6) is 0 Å². The summed E-state index contributed by atoms with van der Waals surface area (Å²) >= 11 is 0. The van der Waals surface area contributed by atoms with Crippen LogP contribution in [0.4, 0.5) is 0 Å². The van der Waals surface area contributed by atoms with Gasteiger partial charge in [0.25, 0.3) is 0 Å². The lowest BCUT2D eigenvalue weighted by Crippen LogP contribution is -2.50. The van der Waals surface area contributed by atoms with Gasteiger partial charge in [-0.25, -0.2) is 0 Å². The van der Waals surface area contributed by atoms with Gasteiger partial charge in [-0.15, -0.1) is 0 Å². The first kappa shape index (κ1) is 21.8. The molecule has 0 bridgehead atoms. The summed E-state index contributed by atoms with van der Waals surface area (Å²) in [6.45, 7) is 7.41. The molecule has 2 heterocycles. The fraction of sp³-hybridized carbons (Fsp3) is 0.652. The second-order valence-electron chi connectivity index (χ2n) is 9.14. The Morgan fingerprint density at radius 1 is 1.21 bits per heavy atom. The van der Waals surface area contributed by atoms with Crippen LogP contribution in [-0.4, -0.2) is 54.3 Å². The van der Waals surface area contributed by atoms with Crippen molar-refractivity contribution in [2.45, 2.75) is 70.2 Å². The van der Waals surface area contributed by atoms with Crippen LogP contribution in [-0.2, 0) is 30.4 Å². The summed E-state index contributed by atoms with van der Waals surface area (Å²) in [4.78, 5) is 27.4. The van der Waals surface area contributed by atoms with Crippen molar-refractivity contribution < 1.29 is 23.8 Å². The molecule has 0 aliphatic carbocycles. The van der Waals surface area contributed by atoms with Gasteiger partial charge in [0.15, 0.2) is 0 Å². The molecule has 6 heteroatoms. The van der Waals surface area contributed by atoms with E-state index in [1.165, 1.54) is 7.11 Å². The molecule has 1 aromatic rings. The van der Waals surface area contributed by atoms with Crippen LogP contribution in [0.1, 0.15) is 52.0 Å². The van der Waals surface area contributed by atoms with Crippen LogP contribution >= 0.6 is 0 Å². The van der Waals surface area contributed by atoms with E-state index < -0.39 is 11.1 Å². The predicted molar refractivity (Wildman–Crippen MR) is 109 cm³/mol. The number of ether oxygens (including phenoxy) is 3. The maximum absolute atomic E-state index is 12.7. The zero-order chi connectivity index (χ0) is 21.1. The van der Waals surface area contributed by atoms with Gasteiger partial charge in [0.05, 0.1) is 26.7 Å². The van der Waals surface area contributed by atoms with Crippen molar-refractivity contribution in [3.8, 4) is 0 Å². The summed E-state index contributed by atoms with van der Waals surface area (Å²) in [6, 6.07) is 10.0. The Kier molecular flexibility index (Phi) is 6.64. The molecule has 3 atom stereocenters. The number of esters is 2. The largest absolute Gasteiger partial charge is 0.468 e. The van der Waals surface area contributed by atoms with E-state index in [4.69, 9.17) is 14.2 Å². The van der Waals surface area contributed by atoms with E-state index >= 15 is 0 Å². The highest BCUT2D eigenvalue weighted by Gasteiger charge is 2.59. The van der Waals surface area contributed by atoms with E-state index in [0.717, 1.165) is 24.9 Å². The Labute approximate surface area is 173 Å². The molecule has 2 aliphatic heterocycles. The Balaban J connectivity index is 1.72. The van der Waals surface area contributed by atoms with Crippen molar-refractivity contribution >= 4 is 11.9 Å². The average Bonchev–Trinajstić information content (AvgIpc) is 3.19. The van der Waals surface area contributed by atoms with Crippen molar-refractivity contribution in [3.63, 3.8) is 0 Å². The summed E-state index contributed by atoms with van der Waals surface area (Å²) in [5.41, 5.74) is -0.0530. The highest BCUT2D eigenvalue weighted by Crippen LogP contribution is 2.47. The third-order valence-electron chi connectivity index (χ3n) is 5.90. The molecule has 2 fully saturated rings. The van der Waals surface area contributed by atoms with Crippen molar-refractivity contribution in [1.29, 1.82) is 0 Å². The molecule has 6 nitrogen and oxygen atoms in total. The number of carbonyl (C=O) groups excluding carboxylic acids is 2. The van der Waals surface area contributed by atoms with Crippen molar-refractivity contribution in [2.75, 3.05) is 20.3 Å². The Bertz CT molecular complexity index is 714. The van der Waals surface area contributed by atoms with E-state index in [0.29, 0.717) is 19.6 Å². The minimum absolute atomic E-state index is 0.0000216. The topological polar surface area (TPSA) is 65.1 Å². The third-order valence-corrected chi connectivity index (χ3v) is 5.90. The number of rotatable bonds is 7. The smallest absolute Gasteiger partial charge is 0.326 e. The summed E-state index contributed by atoms with van der Waals surface area (Å²) in [5.74, 6) is -0.425. The second-order valence-corrected chi connectivity index (χ2v) is 9.14. The highest BCUT2D eigenvalue weighted by molar-refractivity contribution is 5.82. The highest BCUT2D eigenvalue weighted by atomic mass is 16.6. The zero-order valence-electron chi connectivity index (χ0n) is 18.0. The van der Waals surface area contributed by atoms with Crippen LogP contribution < -0.4 is 0 Å². The van der Waals surface area contributed by atoms with E-state index in [1.54, 1.807) is 0 Å². The molecule has 1 aromatic carbocycles. The van der Waals surface area contributed by atoms with Gasteiger partial charge in [0, 0.05) is 6.04 Å². The number of carbonyl (C=O) groups is 2. The Morgan fingerprint density at radius 3 is 2.59 bits per heavy atom. The average molecular weight is 404 g/mol. The second kappa shape index (κ2) is 8.84. The lowest BCUT2D eigenvalue weighted by Gasteiger charge is -2.32. The molecule has 0 unspecified atom stereocenters. The van der Waals surface area contributed by atoms with Gasteiger partial charge in [-0.1, -0.05) is 30.3 Å². The molecule has 0 spiro atoms. The van der Waals surface area contributed by atoms with Gasteiger partial charge < -0.3 is 14.2 Å². The number of fused-ring (bicyclic) bond motifs is 1. The van der Waals surface area contributed by atoms with Crippen LogP contribution in [0.3, 0.4) is 0 Å². The van der Waals surface area contributed by atoms with Crippen LogP contribution in [0, 0.1) is 5.92 Å². The Morgan fingerprint density at radius 2 is 1.93 bits per heavy atom. The summed E-state index contributed by atoms with van der Waals surface area (Å²) in [5, 5.41) is 0. The normalized spacial score (nSPS) is 26.9. The van der Waals surface area contributed by atoms with Gasteiger partial charge in [-0.2, -0.15) is 0 Å². The van der Waals surface area contributed by atoms with Gasteiger partial charge in [0.2, 0.25) is 0 Å². The van der Waals surface area contributed by atoms with E-state index in [9.17, 15) is 9.59 Å². The first-order chi connectivity index (χ1) is 13.7. The molecule has 0 aromatic heterocycles. The number of hydrogen-bond donors (Lipinski definition) is 0. The third kappa shape index (κ3) is 4.98. The number of methoxy groups -OCH3 is 1. The molecule has 0 saturated carbocycles. The van der Waals surface area contributed by atoms with Gasteiger partial charge in [-0.3, -0.25) is 14.5 Å². The molecule has 0 amide bonds. The van der Waals surface area contributed by atoms with E-state index in [1.807, 2.05) is 51.1 Å². The molecule has 2 aliphatic rings. The SMILES string of the molecule is COC(=O)[C@]12CCCN1[C@@H](COCc1ccccc1)[C@@H](CC(=O)OC(C)(C)C)C2. The summed E-state index contributed by atoms with van der Waals surface area (Å²) < 4.78 is 16.7.